The van der Waals surface area contributed by atoms with Crippen molar-refractivity contribution in [2.75, 3.05) is 13.2 Å². The Morgan fingerprint density at radius 1 is 0.783 bits per heavy atom. The van der Waals surface area contributed by atoms with Gasteiger partial charge in [-0.1, -0.05) is 39.8 Å². The van der Waals surface area contributed by atoms with Crippen molar-refractivity contribution >= 4 is 23.1 Å². The van der Waals surface area contributed by atoms with E-state index < -0.39 is 123 Å². The highest BCUT2D eigenvalue weighted by Crippen LogP contribution is 2.72. The Morgan fingerprint density at radius 2 is 1.38 bits per heavy atom. The van der Waals surface area contributed by atoms with Crippen LogP contribution in [0.15, 0.2) is 47.6 Å². The van der Waals surface area contributed by atoms with Gasteiger partial charge in [0.2, 0.25) is 0 Å². The maximum Gasteiger partial charge on any atom is 0.193 e. The number of ketones is 4. The van der Waals surface area contributed by atoms with Crippen LogP contribution in [0.1, 0.15) is 87.0 Å². The molecule has 60 heavy (non-hydrogen) atoms. The largest absolute Gasteiger partial charge is 0.393 e. The Labute approximate surface area is 348 Å². The lowest BCUT2D eigenvalue weighted by Crippen LogP contribution is -2.70. The van der Waals surface area contributed by atoms with Crippen molar-refractivity contribution in [2.45, 2.75) is 140 Å². The summed E-state index contributed by atoms with van der Waals surface area (Å²) >= 11 is 0. The number of hydrogen-bond acceptors (Lipinski definition) is 11. The van der Waals surface area contributed by atoms with Crippen LogP contribution < -0.4 is 0 Å². The van der Waals surface area contributed by atoms with Crippen LogP contribution in [0.5, 0.6) is 0 Å². The van der Waals surface area contributed by atoms with E-state index in [0.717, 1.165) is 6.08 Å². The first-order valence-corrected chi connectivity index (χ1v) is 21.4. The fourth-order valence-electron chi connectivity index (χ4n) is 15.3. The summed E-state index contributed by atoms with van der Waals surface area (Å²) in [5.74, 6) is -5.52. The van der Waals surface area contributed by atoms with Gasteiger partial charge in [0.05, 0.1) is 18.3 Å². The Balaban J connectivity index is 0.000000167. The minimum atomic E-state index is -2.24. The van der Waals surface area contributed by atoms with Crippen molar-refractivity contribution in [1.82, 2.24) is 0 Å². The third-order valence-electron chi connectivity index (χ3n) is 17.8. The SMILES string of the molecule is CC1(C)O[C@@H]2C[C@H]3[C@@H]4C[C@H](F)C5=CC(=O)C=C[C@]5(C)[C@H]4[C@@H](O)C[C@]3(C)[C@]2(C(=O)CO)O1.C[C@@H]1C[C@H]2[C@@H]3C[C@H](F)C4=CC(=O)C=C[C@]4(C)[C@@]3(F)[C@@H](O)C[C@]2(C)[C@@]1(O)C(=O)CO. The average Bonchev–Trinajstić information content (AvgIpc) is 3.67. The van der Waals surface area contributed by atoms with Crippen molar-refractivity contribution < 1.29 is 67.4 Å². The molecule has 8 aliphatic carbocycles. The summed E-state index contributed by atoms with van der Waals surface area (Å²) in [6, 6.07) is 0. The van der Waals surface area contributed by atoms with E-state index in [9.17, 15) is 44.7 Å². The third kappa shape index (κ3) is 5.27. The molecule has 0 radical (unpaired) electrons. The number of aliphatic hydroxyl groups is 5. The molecule has 0 aromatic rings. The van der Waals surface area contributed by atoms with E-state index in [2.05, 4.69) is 0 Å². The van der Waals surface area contributed by atoms with Crippen LogP contribution in [0, 0.1) is 57.2 Å². The maximum atomic E-state index is 16.9. The van der Waals surface area contributed by atoms with Gasteiger partial charge < -0.3 is 35.0 Å². The Bertz CT molecular complexity index is 2030. The molecule has 9 aliphatic rings. The van der Waals surface area contributed by atoms with Gasteiger partial charge in [-0.3, -0.25) is 19.2 Å². The number of carbonyl (C=O) groups excluding carboxylic acids is 4. The van der Waals surface area contributed by atoms with E-state index in [4.69, 9.17) is 9.47 Å². The molecule has 0 unspecified atom stereocenters. The Hall–Kier alpha value is -2.85. The monoisotopic (exact) mass is 844 g/mol. The van der Waals surface area contributed by atoms with Crippen molar-refractivity contribution in [3.63, 3.8) is 0 Å². The molecule has 9 rings (SSSR count). The predicted octanol–water partition coefficient (Wildman–Crippen LogP) is 4.12. The summed E-state index contributed by atoms with van der Waals surface area (Å²) in [5, 5.41) is 53.2. The van der Waals surface area contributed by atoms with Crippen molar-refractivity contribution in [2.24, 2.45) is 57.2 Å². The number of fused-ring (bicyclic) bond motifs is 12. The van der Waals surface area contributed by atoms with Crippen LogP contribution in [-0.4, -0.2) is 115 Å². The van der Waals surface area contributed by atoms with Gasteiger partial charge in [0, 0.05) is 33.5 Å². The molecule has 0 aromatic heterocycles. The minimum absolute atomic E-state index is 0.0409. The number of Topliss-reactive ketones (excluding diaryl/α,β-unsaturated/α-hetero) is 2. The van der Waals surface area contributed by atoms with Crippen LogP contribution in [0.4, 0.5) is 13.2 Å². The number of carbonyl (C=O) groups is 4. The van der Waals surface area contributed by atoms with Gasteiger partial charge in [0.1, 0.15) is 31.2 Å². The van der Waals surface area contributed by atoms with Crippen molar-refractivity contribution in [1.29, 1.82) is 0 Å². The zero-order valence-corrected chi connectivity index (χ0v) is 35.3. The lowest BCUT2D eigenvalue weighted by molar-refractivity contribution is -0.226. The fraction of sp³-hybridized carbons (Fsp3) is 0.739. The second kappa shape index (κ2) is 13.6. The molecule has 18 atom stereocenters. The number of ether oxygens (including phenoxy) is 2. The number of allylic oxidation sites excluding steroid dienone is 8. The second-order valence-electron chi connectivity index (χ2n) is 20.8. The van der Waals surface area contributed by atoms with Crippen LogP contribution in [0.25, 0.3) is 0 Å². The number of halogens is 3. The number of rotatable bonds is 4. The highest BCUT2D eigenvalue weighted by molar-refractivity contribution is 6.02. The molecule has 0 bridgehead atoms. The van der Waals surface area contributed by atoms with Crippen LogP contribution >= 0.6 is 0 Å². The predicted molar refractivity (Wildman–Crippen MR) is 209 cm³/mol. The molecule has 0 spiro atoms. The van der Waals surface area contributed by atoms with E-state index in [1.807, 2.05) is 13.8 Å². The van der Waals surface area contributed by atoms with Crippen LogP contribution in [0.3, 0.4) is 0 Å². The summed E-state index contributed by atoms with van der Waals surface area (Å²) < 4.78 is 60.0. The van der Waals surface area contributed by atoms with Gasteiger partial charge in [-0.05, 0) is 118 Å². The number of hydrogen-bond donors (Lipinski definition) is 5. The summed E-state index contributed by atoms with van der Waals surface area (Å²) in [5.41, 5.74) is -9.31. The molecule has 1 saturated heterocycles. The first kappa shape index (κ1) is 43.8. The first-order valence-electron chi connectivity index (χ1n) is 21.4. The van der Waals surface area contributed by atoms with E-state index >= 15 is 13.2 Å². The second-order valence-corrected chi connectivity index (χ2v) is 20.8. The van der Waals surface area contributed by atoms with Gasteiger partial charge in [-0.25, -0.2) is 13.2 Å². The zero-order valence-electron chi connectivity index (χ0n) is 35.3. The standard InChI is InChI=1S/C24H31FO6.C22H28F2O5/c1-21(2)30-19-9-14-13-8-16(25)15-7-12(27)5-6-22(15,3)20(13)17(28)10-23(14,4)24(19,31-21)18(29)11-26;1-11-6-13-14-8-16(23)15-7-12(26)4-5-19(15,2)21(14,24)17(27)9-20(13,3)22(11,29)18(28)10-25/h5-7,13-14,16-17,19-20,26,28H,8-11H2,1-4H3;4-5,7,11,13-14,16-17,25,27,29H,6,8-10H2,1-3H3/t13-,14-,16-,17-,19+,20+,22-,23-,24+;11-,13+,14+,16+,17+,19+,20+,21+,22+/m01/s1. The molecular formula is C46H59F3O11. The molecule has 14 heteroatoms. The Kier molecular flexibility index (Phi) is 9.91. The van der Waals surface area contributed by atoms with Gasteiger partial charge in [-0.2, -0.15) is 0 Å². The van der Waals surface area contributed by atoms with E-state index in [1.165, 1.54) is 31.2 Å². The third-order valence-corrected chi connectivity index (χ3v) is 17.8. The molecule has 5 N–H and O–H groups in total. The summed E-state index contributed by atoms with van der Waals surface area (Å²) in [4.78, 5) is 49.4. The fourth-order valence-corrected chi connectivity index (χ4v) is 15.3. The molecule has 330 valence electrons. The summed E-state index contributed by atoms with van der Waals surface area (Å²) in [6.07, 6.45) is 3.32. The quantitative estimate of drug-likeness (QED) is 0.274. The normalized spacial score (nSPS) is 52.9. The van der Waals surface area contributed by atoms with Crippen molar-refractivity contribution in [3.8, 4) is 0 Å². The van der Waals surface area contributed by atoms with E-state index in [0.29, 0.717) is 12.0 Å². The summed E-state index contributed by atoms with van der Waals surface area (Å²) in [7, 11) is 0. The molecule has 0 aromatic carbocycles. The minimum Gasteiger partial charge on any atom is -0.393 e. The van der Waals surface area contributed by atoms with Crippen LogP contribution in [-0.2, 0) is 28.7 Å². The molecule has 6 saturated carbocycles. The highest BCUT2D eigenvalue weighted by Gasteiger charge is 2.78. The van der Waals surface area contributed by atoms with Gasteiger partial charge in [0.15, 0.2) is 40.2 Å². The van der Waals surface area contributed by atoms with Crippen molar-refractivity contribution in [3.05, 3.63) is 47.6 Å². The number of alkyl halides is 3. The molecule has 1 aliphatic heterocycles. The highest BCUT2D eigenvalue weighted by atomic mass is 19.1. The number of aliphatic hydroxyl groups excluding tert-OH is 4. The molecule has 1 heterocycles. The topological polar surface area (TPSA) is 188 Å². The average molecular weight is 845 g/mol. The first-order chi connectivity index (χ1) is 27.8. The van der Waals surface area contributed by atoms with Gasteiger partial charge in [0.25, 0.3) is 0 Å². The molecule has 0 amide bonds. The van der Waals surface area contributed by atoms with Gasteiger partial charge >= 0.3 is 0 Å². The van der Waals surface area contributed by atoms with Gasteiger partial charge in [-0.15, -0.1) is 0 Å². The van der Waals surface area contributed by atoms with E-state index in [-0.39, 0.29) is 61.2 Å². The lowest BCUT2D eigenvalue weighted by Gasteiger charge is -2.63. The van der Waals surface area contributed by atoms with Crippen LogP contribution in [0.2, 0.25) is 0 Å². The molecule has 11 nitrogen and oxygen atoms in total. The van der Waals surface area contributed by atoms with E-state index in [1.54, 1.807) is 33.8 Å². The molecular weight excluding hydrogens is 785 g/mol. The zero-order chi connectivity index (χ0) is 44.1. The maximum absolute atomic E-state index is 16.9. The summed E-state index contributed by atoms with van der Waals surface area (Å²) in [6.45, 7) is 10.6. The Morgan fingerprint density at radius 3 is 2.02 bits per heavy atom. The lowest BCUT2D eigenvalue weighted by atomic mass is 9.44. The smallest absolute Gasteiger partial charge is 0.193 e. The molecule has 7 fully saturated rings.